The summed E-state index contributed by atoms with van der Waals surface area (Å²) >= 11 is 6.14. The molecule has 1 N–H and O–H groups in total. The molecule has 1 amide bonds. The van der Waals surface area contributed by atoms with Gasteiger partial charge in [0.2, 0.25) is 5.91 Å². The molecule has 1 unspecified atom stereocenters. The van der Waals surface area contributed by atoms with Crippen molar-refractivity contribution >= 4 is 23.5 Å². The first-order valence-electron chi connectivity index (χ1n) is 8.21. The maximum Gasteiger partial charge on any atom is 0.326 e. The summed E-state index contributed by atoms with van der Waals surface area (Å²) in [6.45, 7) is 1.54. The maximum atomic E-state index is 12.4. The number of oxazole rings is 1. The third-order valence-electron chi connectivity index (χ3n) is 4.25. The van der Waals surface area contributed by atoms with Crippen LogP contribution in [0.25, 0.3) is 11.3 Å². The first-order valence-corrected chi connectivity index (χ1v) is 8.58. The molecule has 1 fully saturated rings. The molecule has 1 aromatic heterocycles. The molecular formula is C18H19ClN2O4. The number of halogens is 1. The van der Waals surface area contributed by atoms with Gasteiger partial charge in [-0.1, -0.05) is 23.7 Å². The number of rotatable bonds is 7. The van der Waals surface area contributed by atoms with E-state index in [1.54, 1.807) is 19.2 Å². The number of aromatic nitrogens is 1. The monoisotopic (exact) mass is 362 g/mol. The largest absolute Gasteiger partial charge is 0.480 e. The molecule has 0 aliphatic heterocycles. The summed E-state index contributed by atoms with van der Waals surface area (Å²) in [4.78, 5) is 29.3. The van der Waals surface area contributed by atoms with Gasteiger partial charge in [0.25, 0.3) is 0 Å². The van der Waals surface area contributed by atoms with Crippen LogP contribution < -0.4 is 0 Å². The number of hydrogen-bond donors (Lipinski definition) is 1. The van der Waals surface area contributed by atoms with Gasteiger partial charge < -0.3 is 14.4 Å². The van der Waals surface area contributed by atoms with E-state index >= 15 is 0 Å². The Morgan fingerprint density at radius 1 is 1.40 bits per heavy atom. The Morgan fingerprint density at radius 3 is 2.76 bits per heavy atom. The average Bonchev–Trinajstić information content (AvgIpc) is 3.30. The number of carbonyl (C=O) groups is 2. The fourth-order valence-corrected chi connectivity index (χ4v) is 2.99. The zero-order chi connectivity index (χ0) is 18.0. The van der Waals surface area contributed by atoms with Gasteiger partial charge in [0.1, 0.15) is 6.04 Å². The fraction of sp³-hybridized carbons (Fsp3) is 0.389. The lowest BCUT2D eigenvalue weighted by Gasteiger charge is -2.26. The van der Waals surface area contributed by atoms with Crippen molar-refractivity contribution in [2.45, 2.75) is 44.7 Å². The molecule has 1 atom stereocenters. The lowest BCUT2D eigenvalue weighted by atomic mass is 10.2. The molecule has 0 spiro atoms. The Hall–Kier alpha value is -2.34. The van der Waals surface area contributed by atoms with Gasteiger partial charge in [0.15, 0.2) is 11.7 Å². The summed E-state index contributed by atoms with van der Waals surface area (Å²) in [7, 11) is 0. The third-order valence-corrected chi connectivity index (χ3v) is 4.58. The fourth-order valence-electron chi connectivity index (χ4n) is 2.76. The van der Waals surface area contributed by atoms with Gasteiger partial charge in [0, 0.05) is 24.4 Å². The number of carboxylic acids is 1. The average molecular weight is 363 g/mol. The lowest BCUT2D eigenvalue weighted by Crippen LogP contribution is -2.44. The van der Waals surface area contributed by atoms with Crippen molar-refractivity contribution in [1.29, 1.82) is 0 Å². The van der Waals surface area contributed by atoms with Crippen LogP contribution in [-0.4, -0.2) is 39.0 Å². The van der Waals surface area contributed by atoms with Crippen LogP contribution >= 0.6 is 11.6 Å². The second kappa shape index (κ2) is 7.27. The highest BCUT2D eigenvalue weighted by Crippen LogP contribution is 2.30. The molecule has 1 aromatic carbocycles. The SMILES string of the molecule is CC(C(=O)O)N(C(=O)CCc1ncc(-c2ccccc2Cl)o1)C1CC1. The number of nitrogens with zero attached hydrogens (tertiary/aromatic N) is 2. The second-order valence-electron chi connectivity index (χ2n) is 6.14. The Bertz CT molecular complexity index is 785. The van der Waals surface area contributed by atoms with Gasteiger partial charge in [-0.15, -0.1) is 0 Å². The highest BCUT2D eigenvalue weighted by atomic mass is 35.5. The number of hydrogen-bond acceptors (Lipinski definition) is 4. The van der Waals surface area contributed by atoms with Crippen molar-refractivity contribution in [3.63, 3.8) is 0 Å². The molecule has 6 nitrogen and oxygen atoms in total. The molecule has 1 aliphatic carbocycles. The minimum Gasteiger partial charge on any atom is -0.480 e. The Labute approximate surface area is 150 Å². The van der Waals surface area contributed by atoms with Crippen molar-refractivity contribution in [1.82, 2.24) is 9.88 Å². The van der Waals surface area contributed by atoms with Crippen molar-refractivity contribution in [3.8, 4) is 11.3 Å². The summed E-state index contributed by atoms with van der Waals surface area (Å²) in [5.74, 6) is -0.194. The number of aryl methyl sites for hydroxylation is 1. The summed E-state index contributed by atoms with van der Waals surface area (Å²) < 4.78 is 5.68. The van der Waals surface area contributed by atoms with Gasteiger partial charge in [-0.3, -0.25) is 4.79 Å². The second-order valence-corrected chi connectivity index (χ2v) is 6.55. The molecule has 25 heavy (non-hydrogen) atoms. The van der Waals surface area contributed by atoms with Crippen LogP contribution in [0.15, 0.2) is 34.9 Å². The number of benzene rings is 1. The van der Waals surface area contributed by atoms with Gasteiger partial charge in [-0.25, -0.2) is 9.78 Å². The van der Waals surface area contributed by atoms with Crippen LogP contribution in [0.3, 0.4) is 0 Å². The molecular weight excluding hydrogens is 344 g/mol. The van der Waals surface area contributed by atoms with E-state index in [9.17, 15) is 14.7 Å². The standard InChI is InChI=1S/C18H19ClN2O4/c1-11(18(23)24)21(12-6-7-12)17(22)9-8-16-20-10-15(25-16)13-4-2-3-5-14(13)19/h2-5,10-12H,6-9H2,1H3,(H,23,24). The Kier molecular flexibility index (Phi) is 5.08. The molecule has 1 heterocycles. The van der Waals surface area contributed by atoms with Gasteiger partial charge in [0.05, 0.1) is 11.2 Å². The van der Waals surface area contributed by atoms with Crippen molar-refractivity contribution in [3.05, 3.63) is 41.4 Å². The first kappa shape index (κ1) is 17.5. The molecule has 7 heteroatoms. The van der Waals surface area contributed by atoms with Gasteiger partial charge in [-0.05, 0) is 31.9 Å². The third kappa shape index (κ3) is 4.02. The molecule has 3 rings (SSSR count). The zero-order valence-corrected chi connectivity index (χ0v) is 14.6. The van der Waals surface area contributed by atoms with Crippen LogP contribution in [0.4, 0.5) is 0 Å². The molecule has 132 valence electrons. The number of carboxylic acid groups (broad SMARTS) is 1. The number of amides is 1. The topological polar surface area (TPSA) is 83.6 Å². The van der Waals surface area contributed by atoms with Crippen LogP contribution in [0.5, 0.6) is 0 Å². The zero-order valence-electron chi connectivity index (χ0n) is 13.8. The van der Waals surface area contributed by atoms with E-state index in [1.165, 1.54) is 4.90 Å². The van der Waals surface area contributed by atoms with E-state index in [0.717, 1.165) is 18.4 Å². The number of carbonyl (C=O) groups excluding carboxylic acids is 1. The van der Waals surface area contributed by atoms with E-state index < -0.39 is 12.0 Å². The van der Waals surface area contributed by atoms with Crippen molar-refractivity contribution in [2.75, 3.05) is 0 Å². The van der Waals surface area contributed by atoms with Crippen LogP contribution in [0.1, 0.15) is 32.1 Å². The normalized spacial score (nSPS) is 15.0. The van der Waals surface area contributed by atoms with Crippen LogP contribution in [0, 0.1) is 0 Å². The molecule has 1 saturated carbocycles. The summed E-state index contributed by atoms with van der Waals surface area (Å²) in [5, 5.41) is 9.75. The summed E-state index contributed by atoms with van der Waals surface area (Å²) in [6, 6.07) is 6.51. The highest BCUT2D eigenvalue weighted by molar-refractivity contribution is 6.33. The van der Waals surface area contributed by atoms with Crippen molar-refractivity contribution in [2.24, 2.45) is 0 Å². The smallest absolute Gasteiger partial charge is 0.326 e. The van der Waals surface area contributed by atoms with E-state index in [-0.39, 0.29) is 18.4 Å². The quantitative estimate of drug-likeness (QED) is 0.816. The van der Waals surface area contributed by atoms with E-state index in [1.807, 2.05) is 18.2 Å². The Morgan fingerprint density at radius 2 is 2.12 bits per heavy atom. The Balaban J connectivity index is 1.64. The minimum atomic E-state index is -0.989. The van der Waals surface area contributed by atoms with Crippen LogP contribution in [0.2, 0.25) is 5.02 Å². The minimum absolute atomic E-state index is 0.0434. The molecule has 2 aromatic rings. The van der Waals surface area contributed by atoms with E-state index in [0.29, 0.717) is 23.1 Å². The molecule has 0 radical (unpaired) electrons. The van der Waals surface area contributed by atoms with Crippen molar-refractivity contribution < 1.29 is 19.1 Å². The molecule has 1 aliphatic rings. The lowest BCUT2D eigenvalue weighted by molar-refractivity contribution is -0.150. The maximum absolute atomic E-state index is 12.4. The first-order chi connectivity index (χ1) is 12.0. The summed E-state index contributed by atoms with van der Waals surface area (Å²) in [6.07, 6.45) is 3.78. The predicted molar refractivity (Wildman–Crippen MR) is 92.2 cm³/mol. The van der Waals surface area contributed by atoms with E-state index in [4.69, 9.17) is 16.0 Å². The molecule has 0 saturated heterocycles. The van der Waals surface area contributed by atoms with Gasteiger partial charge in [-0.2, -0.15) is 0 Å². The number of aliphatic carboxylic acids is 1. The summed E-state index contributed by atoms with van der Waals surface area (Å²) in [5.41, 5.74) is 0.744. The van der Waals surface area contributed by atoms with Crippen LogP contribution in [-0.2, 0) is 16.0 Å². The molecule has 0 bridgehead atoms. The highest BCUT2D eigenvalue weighted by Gasteiger charge is 2.38. The van der Waals surface area contributed by atoms with E-state index in [2.05, 4.69) is 4.98 Å². The predicted octanol–water partition coefficient (Wildman–Crippen LogP) is 3.39. The van der Waals surface area contributed by atoms with Gasteiger partial charge >= 0.3 is 5.97 Å².